The third-order valence-electron chi connectivity index (χ3n) is 2.07. The van der Waals surface area contributed by atoms with E-state index in [9.17, 15) is 0 Å². The van der Waals surface area contributed by atoms with Crippen LogP contribution in [0.25, 0.3) is 0 Å². The molecule has 0 fully saturated rings. The third kappa shape index (κ3) is 7.69. The van der Waals surface area contributed by atoms with Crippen LogP contribution in [-0.4, -0.2) is 15.4 Å². The van der Waals surface area contributed by atoms with E-state index in [1.165, 1.54) is 0 Å². The van der Waals surface area contributed by atoms with Gasteiger partial charge in [0.25, 0.3) is 0 Å². The van der Waals surface area contributed by atoms with Crippen LogP contribution in [0.1, 0.15) is 19.5 Å². The summed E-state index contributed by atoms with van der Waals surface area (Å²) in [6, 6.07) is 8.77. The summed E-state index contributed by atoms with van der Waals surface area (Å²) in [6.07, 6.45) is 1.58. The molecular weight excluding hydrogens is 384 g/mol. The van der Waals surface area contributed by atoms with Gasteiger partial charge >= 0.3 is 0 Å². The summed E-state index contributed by atoms with van der Waals surface area (Å²) in [7, 11) is 0. The summed E-state index contributed by atoms with van der Waals surface area (Å²) in [6.45, 7) is 4.00. The molecule has 5 nitrogen and oxygen atoms in total. The molecular formula is C14H19BrN4OS2. The Labute approximate surface area is 148 Å². The number of nitrogens with zero attached hydrogens (tertiary/aromatic N) is 1. The normalized spacial score (nSPS) is 8.95. The van der Waals surface area contributed by atoms with Gasteiger partial charge in [-0.25, -0.2) is 0 Å². The van der Waals surface area contributed by atoms with Crippen LogP contribution in [0.15, 0.2) is 50.8 Å². The number of anilines is 1. The van der Waals surface area contributed by atoms with Crippen LogP contribution in [0.4, 0.5) is 5.69 Å². The summed E-state index contributed by atoms with van der Waals surface area (Å²) in [5.41, 5.74) is 11.7. The number of halogens is 1. The minimum atomic E-state index is -0.0671. The number of aromatic nitrogens is 1. The van der Waals surface area contributed by atoms with Gasteiger partial charge in [-0.2, -0.15) is 0 Å². The van der Waals surface area contributed by atoms with E-state index >= 15 is 0 Å². The molecule has 6 N–H and O–H groups in total. The molecule has 2 aromatic rings. The van der Waals surface area contributed by atoms with E-state index < -0.39 is 0 Å². The quantitative estimate of drug-likeness (QED) is 0.169. The molecule has 22 heavy (non-hydrogen) atoms. The van der Waals surface area contributed by atoms with Crippen LogP contribution in [0.2, 0.25) is 0 Å². The maximum atomic E-state index is 8.50. The molecule has 0 saturated heterocycles. The number of rotatable bonds is 2. The summed E-state index contributed by atoms with van der Waals surface area (Å²) in [5.74, 6) is -0.0671. The van der Waals surface area contributed by atoms with Crippen LogP contribution < -0.4 is 11.5 Å². The topological polar surface area (TPSA) is 109 Å². The second-order valence-electron chi connectivity index (χ2n) is 3.60. The molecule has 2 rings (SSSR count). The predicted octanol–water partition coefficient (Wildman–Crippen LogP) is 4.28. The van der Waals surface area contributed by atoms with Crippen molar-refractivity contribution in [2.75, 3.05) is 5.73 Å². The highest BCUT2D eigenvalue weighted by atomic mass is 79.9. The van der Waals surface area contributed by atoms with E-state index in [1.54, 1.807) is 36.5 Å². The lowest BCUT2D eigenvalue weighted by Crippen LogP contribution is -2.13. The Hall–Kier alpha value is -1.22. The maximum absolute atomic E-state index is 8.50. The van der Waals surface area contributed by atoms with E-state index in [2.05, 4.69) is 33.5 Å². The van der Waals surface area contributed by atoms with Crippen LogP contribution in [-0.2, 0) is 0 Å². The van der Waals surface area contributed by atoms with E-state index in [0.717, 1.165) is 21.4 Å². The Balaban J connectivity index is 0.000000366. The zero-order chi connectivity index (χ0) is 17.1. The van der Waals surface area contributed by atoms with Gasteiger partial charge < -0.3 is 16.0 Å². The van der Waals surface area contributed by atoms with E-state index in [0.29, 0.717) is 16.3 Å². The number of thiol groups is 1. The Bertz CT molecular complexity index is 594. The van der Waals surface area contributed by atoms with E-state index in [1.807, 2.05) is 13.8 Å². The van der Waals surface area contributed by atoms with Crippen LogP contribution in [0.5, 0.6) is 0 Å². The molecule has 0 aliphatic rings. The molecule has 0 amide bonds. The van der Waals surface area contributed by atoms with Gasteiger partial charge in [-0.1, -0.05) is 13.8 Å². The molecule has 0 atom stereocenters. The number of nitrogens with one attached hydrogen (secondary N) is 1. The molecule has 0 saturated carbocycles. The number of hydrogen-bond donors (Lipinski definition) is 5. The number of hydrogen-bond acceptors (Lipinski definition) is 6. The summed E-state index contributed by atoms with van der Waals surface area (Å²) < 4.78 is 9.33. The lowest BCUT2D eigenvalue weighted by molar-refractivity contribution is 0.664. The van der Waals surface area contributed by atoms with Gasteiger partial charge in [0.1, 0.15) is 11.5 Å². The minimum absolute atomic E-state index is 0.0671. The Morgan fingerprint density at radius 1 is 1.32 bits per heavy atom. The fourth-order valence-electron chi connectivity index (χ4n) is 1.16. The molecule has 0 aliphatic heterocycles. The van der Waals surface area contributed by atoms with Crippen molar-refractivity contribution < 1.29 is 4.55 Å². The molecule has 0 bridgehead atoms. The summed E-state index contributed by atoms with van der Waals surface area (Å²) in [5, 5.41) is 7.10. The fourth-order valence-corrected chi connectivity index (χ4v) is 2.25. The largest absolute Gasteiger partial charge is 0.399 e. The van der Waals surface area contributed by atoms with Gasteiger partial charge in [-0.15, -0.1) is 12.6 Å². The summed E-state index contributed by atoms with van der Waals surface area (Å²) in [4.78, 5) is 5.32. The summed E-state index contributed by atoms with van der Waals surface area (Å²) >= 11 is 8.04. The first-order valence-corrected chi connectivity index (χ1v) is 8.31. The second kappa shape index (κ2) is 11.4. The first-order valence-electron chi connectivity index (χ1n) is 6.30. The van der Waals surface area contributed by atoms with Crippen LogP contribution in [0.3, 0.4) is 0 Å². The average Bonchev–Trinajstić information content (AvgIpc) is 2.50. The highest BCUT2D eigenvalue weighted by molar-refractivity contribution is 9.10. The SMILES string of the molecule is CC.N=C(N)c1ncc(Br)cc1S.Nc1ccc(SO)cc1. The van der Waals surface area contributed by atoms with Crippen molar-refractivity contribution in [3.63, 3.8) is 0 Å². The molecule has 0 aliphatic carbocycles. The lowest BCUT2D eigenvalue weighted by atomic mass is 10.3. The van der Waals surface area contributed by atoms with Crippen LogP contribution in [0, 0.1) is 5.41 Å². The van der Waals surface area contributed by atoms with Gasteiger partial charge in [0.2, 0.25) is 0 Å². The molecule has 0 radical (unpaired) electrons. The standard InChI is InChI=1S/C6H6BrN3S.C6H7NOS.C2H6/c7-3-1-4(11)5(6(8)9)10-2-3;7-5-1-3-6(9-8)4-2-5;1-2/h1-2,11H,(H3,8,9);1-4,8H,7H2;1-2H3. The Morgan fingerprint density at radius 3 is 2.27 bits per heavy atom. The monoisotopic (exact) mass is 402 g/mol. The lowest BCUT2D eigenvalue weighted by Gasteiger charge is -2.00. The van der Waals surface area contributed by atoms with Crippen molar-refractivity contribution in [1.82, 2.24) is 4.98 Å². The van der Waals surface area contributed by atoms with Crippen molar-refractivity contribution in [2.24, 2.45) is 5.73 Å². The number of nitrogen functional groups attached to an aromatic ring is 2. The van der Waals surface area contributed by atoms with Crippen molar-refractivity contribution in [3.05, 3.63) is 46.7 Å². The van der Waals surface area contributed by atoms with Gasteiger partial charge in [0.15, 0.2) is 0 Å². The van der Waals surface area contributed by atoms with Gasteiger partial charge in [0, 0.05) is 38.2 Å². The van der Waals surface area contributed by atoms with Gasteiger partial charge in [0.05, 0.1) is 0 Å². The maximum Gasteiger partial charge on any atom is 0.142 e. The average molecular weight is 403 g/mol. The smallest absolute Gasteiger partial charge is 0.142 e. The highest BCUT2D eigenvalue weighted by Crippen LogP contribution is 2.16. The predicted molar refractivity (Wildman–Crippen MR) is 101 cm³/mol. The Kier molecular flexibility index (Phi) is 10.7. The molecule has 1 aromatic carbocycles. The first kappa shape index (κ1) is 20.8. The number of pyridine rings is 1. The number of benzene rings is 1. The first-order chi connectivity index (χ1) is 10.4. The molecule has 8 heteroatoms. The molecule has 0 unspecified atom stereocenters. The van der Waals surface area contributed by atoms with Crippen molar-refractivity contribution in [2.45, 2.75) is 23.6 Å². The number of nitrogens with two attached hydrogens (primary N) is 2. The molecule has 1 aromatic heterocycles. The van der Waals surface area contributed by atoms with Gasteiger partial charge in [-0.05, 0) is 46.3 Å². The van der Waals surface area contributed by atoms with Gasteiger partial charge in [-0.3, -0.25) is 10.4 Å². The number of amidine groups is 1. The van der Waals surface area contributed by atoms with Crippen molar-refractivity contribution in [1.29, 1.82) is 5.41 Å². The molecule has 0 spiro atoms. The van der Waals surface area contributed by atoms with E-state index in [4.69, 9.17) is 21.4 Å². The Morgan fingerprint density at radius 2 is 1.86 bits per heavy atom. The zero-order valence-electron chi connectivity index (χ0n) is 12.2. The van der Waals surface area contributed by atoms with Crippen molar-refractivity contribution in [3.8, 4) is 0 Å². The molecule has 1 heterocycles. The highest BCUT2D eigenvalue weighted by Gasteiger charge is 2.03. The third-order valence-corrected chi connectivity index (χ3v) is 3.33. The fraction of sp³-hybridized carbons (Fsp3) is 0.143. The van der Waals surface area contributed by atoms with Crippen molar-refractivity contribution >= 4 is 52.1 Å². The van der Waals surface area contributed by atoms with E-state index in [-0.39, 0.29) is 5.84 Å². The second-order valence-corrected chi connectivity index (χ2v) is 5.65. The zero-order valence-corrected chi connectivity index (χ0v) is 15.5. The molecule has 120 valence electrons. The minimum Gasteiger partial charge on any atom is -0.399 e. The van der Waals surface area contributed by atoms with Crippen LogP contribution >= 0.6 is 40.6 Å².